The number of benzene rings is 2. The van der Waals surface area contributed by atoms with Crippen LogP contribution in [0.15, 0.2) is 36.4 Å². The van der Waals surface area contributed by atoms with Gasteiger partial charge in [-0.05, 0) is 53.1 Å². The molecule has 3 nitrogen and oxygen atoms in total. The average molecular weight is 298 g/mol. The molecule has 0 saturated heterocycles. The van der Waals surface area contributed by atoms with Gasteiger partial charge in [0, 0.05) is 19.8 Å². The zero-order valence-electron chi connectivity index (χ0n) is 13.3. The van der Waals surface area contributed by atoms with Gasteiger partial charge in [-0.1, -0.05) is 31.2 Å². The largest absolute Gasteiger partial charge is 0.508 e. The van der Waals surface area contributed by atoms with Crippen LogP contribution in [0.25, 0.3) is 11.1 Å². The molecule has 1 atom stereocenters. The van der Waals surface area contributed by atoms with Gasteiger partial charge >= 0.3 is 0 Å². The van der Waals surface area contributed by atoms with E-state index in [2.05, 4.69) is 19.1 Å². The highest BCUT2D eigenvalue weighted by atomic mass is 16.7. The van der Waals surface area contributed by atoms with Gasteiger partial charge in [0.05, 0.1) is 0 Å². The van der Waals surface area contributed by atoms with E-state index in [1.54, 1.807) is 26.4 Å². The molecule has 2 aromatic carbocycles. The standard InChI is InChI=1S/C19H22O3/c1-12-4-9-16-15(13-5-7-14(20)8-6-13)10-11-17(18(12)16)19(21-2)22-3/h5-8,10-12,19-20H,4,9H2,1-3H3. The minimum atomic E-state index is -0.317. The van der Waals surface area contributed by atoms with E-state index in [4.69, 9.17) is 9.47 Å². The van der Waals surface area contributed by atoms with Gasteiger partial charge in [-0.2, -0.15) is 0 Å². The Hall–Kier alpha value is -1.84. The second-order valence-electron chi connectivity index (χ2n) is 5.88. The Morgan fingerprint density at radius 1 is 1.05 bits per heavy atom. The maximum atomic E-state index is 9.49. The highest BCUT2D eigenvalue weighted by Gasteiger charge is 2.28. The normalized spacial score (nSPS) is 17.0. The van der Waals surface area contributed by atoms with Crippen LogP contribution in [0.2, 0.25) is 0 Å². The number of phenolic OH excluding ortho intramolecular Hbond substituents is 1. The fourth-order valence-corrected chi connectivity index (χ4v) is 3.51. The summed E-state index contributed by atoms with van der Waals surface area (Å²) in [6.45, 7) is 2.26. The van der Waals surface area contributed by atoms with Gasteiger partial charge in [0.1, 0.15) is 5.75 Å². The van der Waals surface area contributed by atoms with Crippen molar-refractivity contribution < 1.29 is 14.6 Å². The van der Waals surface area contributed by atoms with Gasteiger partial charge in [0.25, 0.3) is 0 Å². The molecule has 0 fully saturated rings. The zero-order valence-corrected chi connectivity index (χ0v) is 13.3. The molecule has 3 heteroatoms. The van der Waals surface area contributed by atoms with Crippen LogP contribution >= 0.6 is 0 Å². The van der Waals surface area contributed by atoms with Crippen LogP contribution in [-0.2, 0) is 15.9 Å². The first-order chi connectivity index (χ1) is 10.7. The molecule has 0 bridgehead atoms. The Kier molecular flexibility index (Phi) is 4.19. The molecule has 116 valence electrons. The van der Waals surface area contributed by atoms with Crippen molar-refractivity contribution in [3.63, 3.8) is 0 Å². The number of phenols is 1. The van der Waals surface area contributed by atoms with Gasteiger partial charge < -0.3 is 14.6 Å². The molecule has 0 aliphatic heterocycles. The van der Waals surface area contributed by atoms with Crippen molar-refractivity contribution >= 4 is 0 Å². The lowest BCUT2D eigenvalue weighted by atomic mass is 9.91. The van der Waals surface area contributed by atoms with Crippen LogP contribution in [-0.4, -0.2) is 19.3 Å². The van der Waals surface area contributed by atoms with E-state index in [9.17, 15) is 5.11 Å². The first-order valence-corrected chi connectivity index (χ1v) is 7.66. The van der Waals surface area contributed by atoms with Crippen molar-refractivity contribution in [3.8, 4) is 16.9 Å². The topological polar surface area (TPSA) is 38.7 Å². The van der Waals surface area contributed by atoms with Crippen LogP contribution < -0.4 is 0 Å². The second kappa shape index (κ2) is 6.11. The number of hydrogen-bond acceptors (Lipinski definition) is 3. The van der Waals surface area contributed by atoms with Crippen molar-refractivity contribution in [2.75, 3.05) is 14.2 Å². The summed E-state index contributed by atoms with van der Waals surface area (Å²) in [5.74, 6) is 0.805. The van der Waals surface area contributed by atoms with Crippen molar-refractivity contribution in [1.82, 2.24) is 0 Å². The molecule has 1 N–H and O–H groups in total. The van der Waals surface area contributed by atoms with Crippen molar-refractivity contribution in [2.24, 2.45) is 0 Å². The summed E-state index contributed by atoms with van der Waals surface area (Å²) >= 11 is 0. The smallest absolute Gasteiger partial charge is 0.183 e. The molecule has 0 radical (unpaired) electrons. The molecular formula is C19H22O3. The number of aromatic hydroxyl groups is 1. The van der Waals surface area contributed by atoms with Crippen LogP contribution in [0.1, 0.15) is 42.2 Å². The van der Waals surface area contributed by atoms with E-state index < -0.39 is 0 Å². The number of ether oxygens (including phenoxy) is 2. The minimum absolute atomic E-state index is 0.296. The van der Waals surface area contributed by atoms with E-state index in [0.717, 1.165) is 24.0 Å². The highest BCUT2D eigenvalue weighted by molar-refractivity contribution is 5.71. The highest BCUT2D eigenvalue weighted by Crippen LogP contribution is 2.43. The number of hydrogen-bond donors (Lipinski definition) is 1. The lowest BCUT2D eigenvalue weighted by molar-refractivity contribution is -0.106. The Bertz CT molecular complexity index is 657. The molecule has 22 heavy (non-hydrogen) atoms. The molecule has 1 aliphatic rings. The monoisotopic (exact) mass is 298 g/mol. The average Bonchev–Trinajstić information content (AvgIpc) is 2.92. The van der Waals surface area contributed by atoms with Crippen molar-refractivity contribution in [3.05, 3.63) is 53.1 Å². The Labute approximate surface area is 131 Å². The predicted octanol–water partition coefficient (Wildman–Crippen LogP) is 4.40. The molecule has 3 rings (SSSR count). The van der Waals surface area contributed by atoms with E-state index in [1.165, 1.54) is 16.7 Å². The van der Waals surface area contributed by atoms with E-state index in [-0.39, 0.29) is 6.29 Å². The molecule has 0 saturated carbocycles. The summed E-state index contributed by atoms with van der Waals surface area (Å²) in [4.78, 5) is 0. The van der Waals surface area contributed by atoms with E-state index >= 15 is 0 Å². The number of fused-ring (bicyclic) bond motifs is 1. The Balaban J connectivity index is 2.13. The van der Waals surface area contributed by atoms with Crippen molar-refractivity contribution in [1.29, 1.82) is 0 Å². The van der Waals surface area contributed by atoms with Crippen molar-refractivity contribution in [2.45, 2.75) is 32.0 Å². The molecule has 0 heterocycles. The van der Waals surface area contributed by atoms with Crippen LogP contribution in [0, 0.1) is 0 Å². The second-order valence-corrected chi connectivity index (χ2v) is 5.88. The predicted molar refractivity (Wildman–Crippen MR) is 87.0 cm³/mol. The zero-order chi connectivity index (χ0) is 15.7. The summed E-state index contributed by atoms with van der Waals surface area (Å²) in [6, 6.07) is 11.7. The van der Waals surface area contributed by atoms with Crippen LogP contribution in [0.4, 0.5) is 0 Å². The van der Waals surface area contributed by atoms with Gasteiger partial charge in [0.2, 0.25) is 0 Å². The molecule has 0 amide bonds. The molecule has 1 aliphatic carbocycles. The molecule has 1 unspecified atom stereocenters. The summed E-state index contributed by atoms with van der Waals surface area (Å²) < 4.78 is 10.9. The lowest BCUT2D eigenvalue weighted by Gasteiger charge is -2.21. The maximum absolute atomic E-state index is 9.49. The molecule has 0 aromatic heterocycles. The number of rotatable bonds is 4. The molecule has 2 aromatic rings. The van der Waals surface area contributed by atoms with Gasteiger partial charge in [0.15, 0.2) is 6.29 Å². The third-order valence-corrected chi connectivity index (χ3v) is 4.57. The minimum Gasteiger partial charge on any atom is -0.508 e. The van der Waals surface area contributed by atoms with Crippen LogP contribution in [0.5, 0.6) is 5.75 Å². The fraction of sp³-hybridized carbons (Fsp3) is 0.368. The van der Waals surface area contributed by atoms with Gasteiger partial charge in [-0.15, -0.1) is 0 Å². The van der Waals surface area contributed by atoms with Crippen LogP contribution in [0.3, 0.4) is 0 Å². The third kappa shape index (κ3) is 2.51. The fourth-order valence-electron chi connectivity index (χ4n) is 3.51. The van der Waals surface area contributed by atoms with E-state index in [0.29, 0.717) is 11.7 Å². The Morgan fingerprint density at radius 3 is 2.36 bits per heavy atom. The maximum Gasteiger partial charge on any atom is 0.183 e. The number of methoxy groups -OCH3 is 2. The SMILES string of the molecule is COC(OC)c1ccc(-c2ccc(O)cc2)c2c1C(C)CC2. The van der Waals surface area contributed by atoms with E-state index in [1.807, 2.05) is 12.1 Å². The summed E-state index contributed by atoms with van der Waals surface area (Å²) in [6.07, 6.45) is 1.90. The molecular weight excluding hydrogens is 276 g/mol. The molecule has 0 spiro atoms. The Morgan fingerprint density at radius 2 is 1.73 bits per heavy atom. The van der Waals surface area contributed by atoms with Gasteiger partial charge in [-0.25, -0.2) is 0 Å². The first-order valence-electron chi connectivity index (χ1n) is 7.66. The summed E-state index contributed by atoms with van der Waals surface area (Å²) in [5, 5.41) is 9.49. The lowest BCUT2D eigenvalue weighted by Crippen LogP contribution is -2.08. The third-order valence-electron chi connectivity index (χ3n) is 4.57. The quantitative estimate of drug-likeness (QED) is 0.850. The van der Waals surface area contributed by atoms with Gasteiger partial charge in [-0.3, -0.25) is 0 Å². The first kappa shape index (κ1) is 15.1. The summed E-state index contributed by atoms with van der Waals surface area (Å²) in [7, 11) is 3.35. The summed E-state index contributed by atoms with van der Waals surface area (Å²) in [5.41, 5.74) is 6.26.